The van der Waals surface area contributed by atoms with Crippen LogP contribution < -0.4 is 10.2 Å². The monoisotopic (exact) mass is 486 g/mol. The normalized spacial score (nSPS) is 14.6. The number of carbonyl (C=O) groups is 2. The lowest BCUT2D eigenvalue weighted by atomic mass is 10.2. The highest BCUT2D eigenvalue weighted by molar-refractivity contribution is 8.14. The maximum Gasteiger partial charge on any atom is 0.283 e. The summed E-state index contributed by atoms with van der Waals surface area (Å²) in [4.78, 5) is 35.1. The third-order valence-corrected chi connectivity index (χ3v) is 6.50. The second-order valence-corrected chi connectivity index (χ2v) is 8.89. The number of halogens is 1. The minimum absolute atomic E-state index is 0.0948. The second-order valence-electron chi connectivity index (χ2n) is 7.54. The molecule has 0 radical (unpaired) electrons. The molecule has 3 aromatic carbocycles. The smallest absolute Gasteiger partial charge is 0.283 e. The third kappa shape index (κ3) is 4.62. The molecule has 2 N–H and O–H groups in total. The second kappa shape index (κ2) is 9.59. The molecule has 168 valence electrons. The Labute approximate surface area is 205 Å². The van der Waals surface area contributed by atoms with Crippen molar-refractivity contribution in [3.8, 4) is 0 Å². The summed E-state index contributed by atoms with van der Waals surface area (Å²) >= 11 is 7.47. The molecule has 5 rings (SSSR count). The third-order valence-electron chi connectivity index (χ3n) is 5.21. The number of benzene rings is 3. The number of aliphatic imine (C=N–C) groups is 1. The summed E-state index contributed by atoms with van der Waals surface area (Å²) in [5.74, 6) is -0.369. The van der Waals surface area contributed by atoms with E-state index in [9.17, 15) is 9.59 Å². The number of amides is 2. The van der Waals surface area contributed by atoms with Crippen LogP contribution in [0.3, 0.4) is 0 Å². The molecular weight excluding hydrogens is 468 g/mol. The van der Waals surface area contributed by atoms with Crippen LogP contribution in [0.15, 0.2) is 95.7 Å². The van der Waals surface area contributed by atoms with Gasteiger partial charge in [0.25, 0.3) is 5.91 Å². The average Bonchev–Trinajstić information content (AvgIpc) is 3.43. The van der Waals surface area contributed by atoms with Crippen LogP contribution in [-0.2, 0) is 9.59 Å². The van der Waals surface area contributed by atoms with Crippen LogP contribution in [0, 0.1) is 0 Å². The Kier molecular flexibility index (Phi) is 6.20. The van der Waals surface area contributed by atoms with Crippen LogP contribution in [0.1, 0.15) is 5.56 Å². The van der Waals surface area contributed by atoms with Crippen LogP contribution in [0.4, 0.5) is 11.4 Å². The first-order chi connectivity index (χ1) is 16.6. The van der Waals surface area contributed by atoms with Gasteiger partial charge in [-0.3, -0.25) is 14.5 Å². The van der Waals surface area contributed by atoms with E-state index in [0.29, 0.717) is 27.1 Å². The Morgan fingerprint density at radius 2 is 1.85 bits per heavy atom. The van der Waals surface area contributed by atoms with E-state index in [2.05, 4.69) is 15.3 Å². The van der Waals surface area contributed by atoms with Crippen molar-refractivity contribution < 1.29 is 9.59 Å². The SMILES string of the molecule is O=C(CSC1=N/C(=C\c2ccccc2Cl)C(=O)N1c1ccccc1)Nc1ccc2cc[nH]c2c1. The van der Waals surface area contributed by atoms with Crippen molar-refractivity contribution in [2.75, 3.05) is 16.0 Å². The predicted molar refractivity (Wildman–Crippen MR) is 140 cm³/mol. The molecule has 6 nitrogen and oxygen atoms in total. The van der Waals surface area contributed by atoms with Gasteiger partial charge in [0.15, 0.2) is 5.17 Å². The van der Waals surface area contributed by atoms with Crippen LogP contribution in [0.25, 0.3) is 17.0 Å². The number of rotatable bonds is 5. The molecule has 2 amide bonds. The summed E-state index contributed by atoms with van der Waals surface area (Å²) in [6.45, 7) is 0. The Morgan fingerprint density at radius 1 is 1.06 bits per heavy atom. The zero-order chi connectivity index (χ0) is 23.5. The van der Waals surface area contributed by atoms with Crippen molar-refractivity contribution in [3.63, 3.8) is 0 Å². The van der Waals surface area contributed by atoms with Gasteiger partial charge in [0, 0.05) is 22.4 Å². The van der Waals surface area contributed by atoms with Gasteiger partial charge in [-0.1, -0.05) is 65.8 Å². The molecule has 4 aromatic rings. The van der Waals surface area contributed by atoms with E-state index < -0.39 is 0 Å². The molecule has 0 atom stereocenters. The predicted octanol–water partition coefficient (Wildman–Crippen LogP) is 5.94. The molecule has 0 unspecified atom stereocenters. The lowest BCUT2D eigenvalue weighted by molar-refractivity contribution is -0.114. The number of nitrogens with zero attached hydrogens (tertiary/aromatic N) is 2. The minimum Gasteiger partial charge on any atom is -0.361 e. The number of amidine groups is 1. The highest BCUT2D eigenvalue weighted by Crippen LogP contribution is 2.30. The lowest BCUT2D eigenvalue weighted by Gasteiger charge is -2.17. The highest BCUT2D eigenvalue weighted by Gasteiger charge is 2.32. The van der Waals surface area contributed by atoms with Gasteiger partial charge < -0.3 is 10.3 Å². The van der Waals surface area contributed by atoms with Gasteiger partial charge in [0.2, 0.25) is 5.91 Å². The van der Waals surface area contributed by atoms with Crippen molar-refractivity contribution >= 4 is 68.7 Å². The molecule has 0 saturated heterocycles. The molecule has 0 bridgehead atoms. The van der Waals surface area contributed by atoms with Crippen LogP contribution in [-0.4, -0.2) is 27.7 Å². The van der Waals surface area contributed by atoms with E-state index in [4.69, 9.17) is 11.6 Å². The lowest BCUT2D eigenvalue weighted by Crippen LogP contribution is -2.31. The average molecular weight is 487 g/mol. The first-order valence-corrected chi connectivity index (χ1v) is 11.9. The van der Waals surface area contributed by atoms with Gasteiger partial charge in [-0.15, -0.1) is 0 Å². The number of para-hydroxylation sites is 1. The standard InChI is InChI=1S/C26H19ClN4O2S/c27-21-9-5-4-6-18(21)14-23-25(33)31(20-7-2-1-3-8-20)26(30-23)34-16-24(32)29-19-11-10-17-12-13-28-22(17)15-19/h1-15,28H,16H2,(H,29,32)/b23-14-. The van der Waals surface area contributed by atoms with E-state index >= 15 is 0 Å². The van der Waals surface area contributed by atoms with Crippen molar-refractivity contribution in [2.24, 2.45) is 4.99 Å². The number of aromatic amines is 1. The van der Waals surface area contributed by atoms with Crippen molar-refractivity contribution in [1.29, 1.82) is 0 Å². The quantitative estimate of drug-likeness (QED) is 0.343. The molecule has 34 heavy (non-hydrogen) atoms. The number of nitrogens with one attached hydrogen (secondary N) is 2. The molecule has 1 aliphatic rings. The Balaban J connectivity index is 1.37. The minimum atomic E-state index is -0.272. The van der Waals surface area contributed by atoms with Crippen LogP contribution in [0.2, 0.25) is 5.02 Å². The first kappa shape index (κ1) is 22.0. The molecule has 2 heterocycles. The highest BCUT2D eigenvalue weighted by atomic mass is 35.5. The zero-order valence-corrected chi connectivity index (χ0v) is 19.4. The Hall–Kier alpha value is -3.81. The molecule has 0 fully saturated rings. The molecule has 1 aromatic heterocycles. The fourth-order valence-electron chi connectivity index (χ4n) is 3.59. The number of hydrogen-bond acceptors (Lipinski definition) is 4. The number of fused-ring (bicyclic) bond motifs is 1. The summed E-state index contributed by atoms with van der Waals surface area (Å²) in [6, 6.07) is 24.2. The van der Waals surface area contributed by atoms with Gasteiger partial charge in [-0.05, 0) is 53.4 Å². The molecule has 1 aliphatic heterocycles. The van der Waals surface area contributed by atoms with E-state index in [1.54, 1.807) is 12.1 Å². The number of hydrogen-bond donors (Lipinski definition) is 2. The van der Waals surface area contributed by atoms with Crippen molar-refractivity contribution in [1.82, 2.24) is 4.98 Å². The molecular formula is C26H19ClN4O2S. The fourth-order valence-corrected chi connectivity index (χ4v) is 4.59. The van der Waals surface area contributed by atoms with Crippen molar-refractivity contribution in [3.05, 3.63) is 101 Å². The van der Waals surface area contributed by atoms with Gasteiger partial charge in [-0.2, -0.15) is 0 Å². The van der Waals surface area contributed by atoms with Crippen molar-refractivity contribution in [2.45, 2.75) is 0 Å². The van der Waals surface area contributed by atoms with E-state index in [1.807, 2.05) is 79.0 Å². The van der Waals surface area contributed by atoms with E-state index in [1.165, 1.54) is 16.7 Å². The maximum atomic E-state index is 13.2. The maximum absolute atomic E-state index is 13.2. The number of thioether (sulfide) groups is 1. The fraction of sp³-hybridized carbons (Fsp3) is 0.0385. The Morgan fingerprint density at radius 3 is 2.68 bits per heavy atom. The zero-order valence-electron chi connectivity index (χ0n) is 17.9. The Bertz CT molecular complexity index is 1450. The molecule has 0 saturated carbocycles. The largest absolute Gasteiger partial charge is 0.361 e. The van der Waals surface area contributed by atoms with E-state index in [0.717, 1.165) is 10.9 Å². The molecule has 0 spiro atoms. The van der Waals surface area contributed by atoms with Gasteiger partial charge in [0.05, 0.1) is 11.4 Å². The van der Waals surface area contributed by atoms with Gasteiger partial charge in [0.1, 0.15) is 5.70 Å². The summed E-state index contributed by atoms with van der Waals surface area (Å²) < 4.78 is 0. The van der Waals surface area contributed by atoms with Gasteiger partial charge in [-0.25, -0.2) is 4.99 Å². The van der Waals surface area contributed by atoms with Crippen LogP contribution >= 0.6 is 23.4 Å². The number of aromatic nitrogens is 1. The van der Waals surface area contributed by atoms with E-state index in [-0.39, 0.29) is 23.3 Å². The summed E-state index contributed by atoms with van der Waals surface area (Å²) in [5.41, 5.74) is 3.29. The summed E-state index contributed by atoms with van der Waals surface area (Å²) in [6.07, 6.45) is 3.52. The van der Waals surface area contributed by atoms with Gasteiger partial charge >= 0.3 is 0 Å². The summed E-state index contributed by atoms with van der Waals surface area (Å²) in [5, 5.41) is 4.94. The summed E-state index contributed by atoms with van der Waals surface area (Å²) in [7, 11) is 0. The van der Waals surface area contributed by atoms with Crippen LogP contribution in [0.5, 0.6) is 0 Å². The number of H-pyrrole nitrogens is 1. The number of carbonyl (C=O) groups excluding carboxylic acids is 2. The molecule has 0 aliphatic carbocycles. The first-order valence-electron chi connectivity index (χ1n) is 10.5. The number of anilines is 2. The molecule has 8 heteroatoms. The topological polar surface area (TPSA) is 77.6 Å².